The first-order valence-corrected chi connectivity index (χ1v) is 11.3. The van der Waals surface area contributed by atoms with Crippen molar-refractivity contribution in [1.29, 1.82) is 0 Å². The molecule has 0 bridgehead atoms. The molecule has 2 aliphatic rings. The maximum Gasteiger partial charge on any atom is 0.320 e. The van der Waals surface area contributed by atoms with Crippen molar-refractivity contribution in [2.24, 2.45) is 17.8 Å². The highest BCUT2D eigenvalue weighted by Gasteiger charge is 2.42. The average molecular weight is 428 g/mol. The van der Waals surface area contributed by atoms with Gasteiger partial charge in [-0.2, -0.15) is 0 Å². The Morgan fingerprint density at radius 1 is 1.29 bits per heavy atom. The largest absolute Gasteiger partial charge is 0.464 e. The van der Waals surface area contributed by atoms with Crippen molar-refractivity contribution in [3.63, 3.8) is 0 Å². The summed E-state index contributed by atoms with van der Waals surface area (Å²) in [5.41, 5.74) is 3.76. The molecular formula is C26H37NO4. The molecule has 0 saturated heterocycles. The minimum atomic E-state index is -0.330. The Balaban J connectivity index is 2.42. The summed E-state index contributed by atoms with van der Waals surface area (Å²) in [6, 6.07) is 0. The first-order valence-electron chi connectivity index (χ1n) is 11.3. The van der Waals surface area contributed by atoms with Gasteiger partial charge in [-0.05, 0) is 57.7 Å². The lowest BCUT2D eigenvalue weighted by Crippen LogP contribution is -2.33. The van der Waals surface area contributed by atoms with Crippen molar-refractivity contribution in [3.05, 3.63) is 47.1 Å². The number of hydrogen-bond acceptors (Lipinski definition) is 5. The van der Waals surface area contributed by atoms with E-state index in [9.17, 15) is 14.4 Å². The fraction of sp³-hybridized carbons (Fsp3) is 0.577. The maximum absolute atomic E-state index is 13.3. The summed E-state index contributed by atoms with van der Waals surface area (Å²) in [7, 11) is 1.84. The predicted molar refractivity (Wildman–Crippen MR) is 123 cm³/mol. The summed E-state index contributed by atoms with van der Waals surface area (Å²) in [5, 5.41) is 0. The van der Waals surface area contributed by atoms with Crippen LogP contribution in [0.2, 0.25) is 0 Å². The van der Waals surface area contributed by atoms with E-state index in [1.807, 2.05) is 45.7 Å². The van der Waals surface area contributed by atoms with Crippen molar-refractivity contribution in [2.45, 2.75) is 53.4 Å². The Labute approximate surface area is 186 Å². The lowest BCUT2D eigenvalue weighted by atomic mass is 9.64. The normalized spacial score (nSPS) is 23.9. The summed E-state index contributed by atoms with van der Waals surface area (Å²) in [5.74, 6) is -0.459. The fourth-order valence-electron chi connectivity index (χ4n) is 4.71. The number of rotatable bonds is 9. The Bertz CT molecular complexity index is 832. The molecule has 0 aromatic carbocycles. The number of ether oxygens (including phenoxy) is 1. The SMILES string of the molecule is C=C1CC[C@H](C(=C)C)[C@H]2C=C(C)C(=O)C(CCOC(=O)CN(C)CC)=C(C(=O)CC)[C@H]12. The number of ketones is 2. The Kier molecular flexibility index (Phi) is 8.75. The standard InChI is InChI=1S/C26H37NO4/c1-8-22(28)25-20(12-13-31-23(29)15-27(7)9-2)26(30)18(6)14-21-19(16(3)4)11-10-17(5)24(21)25/h14,19,21,24H,3,5,8-13,15H2,1-2,4,6-7H3/t19-,21-,24-/m1/s1. The zero-order valence-electron chi connectivity index (χ0n) is 19.8. The Hall–Kier alpha value is -2.27. The van der Waals surface area contributed by atoms with Gasteiger partial charge in [-0.15, -0.1) is 0 Å². The zero-order valence-corrected chi connectivity index (χ0v) is 19.8. The van der Waals surface area contributed by atoms with E-state index < -0.39 is 0 Å². The second-order valence-electron chi connectivity index (χ2n) is 8.85. The molecule has 2 aliphatic carbocycles. The molecule has 0 aromatic heterocycles. The van der Waals surface area contributed by atoms with Crippen molar-refractivity contribution in [3.8, 4) is 0 Å². The van der Waals surface area contributed by atoms with Gasteiger partial charge in [0.25, 0.3) is 0 Å². The van der Waals surface area contributed by atoms with Gasteiger partial charge in [0.1, 0.15) is 0 Å². The zero-order chi connectivity index (χ0) is 23.3. The van der Waals surface area contributed by atoms with E-state index in [4.69, 9.17) is 4.74 Å². The number of Topliss-reactive ketones (excluding diaryl/α,β-unsaturated/α-hetero) is 2. The predicted octanol–water partition coefficient (Wildman–Crippen LogP) is 4.45. The van der Waals surface area contributed by atoms with E-state index in [1.165, 1.54) is 0 Å². The van der Waals surface area contributed by atoms with Crippen LogP contribution in [0.15, 0.2) is 47.1 Å². The van der Waals surface area contributed by atoms with Crippen molar-refractivity contribution < 1.29 is 19.1 Å². The molecule has 1 fully saturated rings. The lowest BCUT2D eigenvalue weighted by Gasteiger charge is -2.39. The van der Waals surface area contributed by atoms with E-state index in [1.54, 1.807) is 0 Å². The number of hydrogen-bond donors (Lipinski definition) is 0. The highest BCUT2D eigenvalue weighted by atomic mass is 16.5. The molecule has 0 heterocycles. The smallest absolute Gasteiger partial charge is 0.320 e. The number of carbonyl (C=O) groups is 3. The maximum atomic E-state index is 13.3. The number of allylic oxidation sites excluding steroid dienone is 5. The van der Waals surface area contributed by atoms with Crippen LogP contribution in [0.3, 0.4) is 0 Å². The second kappa shape index (κ2) is 10.9. The summed E-state index contributed by atoms with van der Waals surface area (Å²) >= 11 is 0. The fourth-order valence-corrected chi connectivity index (χ4v) is 4.71. The third-order valence-corrected chi connectivity index (χ3v) is 6.59. The minimum Gasteiger partial charge on any atom is -0.464 e. The monoisotopic (exact) mass is 427 g/mol. The number of esters is 1. The van der Waals surface area contributed by atoms with Gasteiger partial charge in [-0.25, -0.2) is 0 Å². The van der Waals surface area contributed by atoms with E-state index in [-0.39, 0.29) is 54.9 Å². The molecule has 0 radical (unpaired) electrons. The highest BCUT2D eigenvalue weighted by Crippen LogP contribution is 2.48. The molecule has 0 N–H and O–H groups in total. The molecule has 31 heavy (non-hydrogen) atoms. The van der Waals surface area contributed by atoms with Crippen LogP contribution in [0.25, 0.3) is 0 Å². The van der Waals surface area contributed by atoms with E-state index >= 15 is 0 Å². The van der Waals surface area contributed by atoms with Gasteiger partial charge in [-0.3, -0.25) is 19.3 Å². The molecule has 2 rings (SSSR count). The van der Waals surface area contributed by atoms with Crippen LogP contribution in [0.1, 0.15) is 53.4 Å². The van der Waals surface area contributed by atoms with Crippen LogP contribution in [0.4, 0.5) is 0 Å². The number of nitrogens with zero attached hydrogens (tertiary/aromatic N) is 1. The molecule has 0 amide bonds. The molecule has 0 unspecified atom stereocenters. The first-order chi connectivity index (χ1) is 14.6. The number of fused-ring (bicyclic) bond motifs is 1. The topological polar surface area (TPSA) is 63.7 Å². The lowest BCUT2D eigenvalue weighted by molar-refractivity contribution is -0.144. The summed E-state index contributed by atoms with van der Waals surface area (Å²) < 4.78 is 5.39. The molecule has 0 spiro atoms. The highest BCUT2D eigenvalue weighted by molar-refractivity contribution is 6.14. The van der Waals surface area contributed by atoms with Gasteiger partial charge in [-0.1, -0.05) is 44.2 Å². The Morgan fingerprint density at radius 3 is 2.55 bits per heavy atom. The van der Waals surface area contributed by atoms with Crippen molar-refractivity contribution in [1.82, 2.24) is 4.90 Å². The van der Waals surface area contributed by atoms with Crippen LogP contribution < -0.4 is 0 Å². The van der Waals surface area contributed by atoms with E-state index in [0.717, 1.165) is 30.5 Å². The van der Waals surface area contributed by atoms with Crippen LogP contribution in [0, 0.1) is 17.8 Å². The molecule has 1 saturated carbocycles. The molecule has 0 aromatic rings. The van der Waals surface area contributed by atoms with Crippen LogP contribution in [-0.4, -0.2) is 49.2 Å². The molecule has 0 aliphatic heterocycles. The molecule has 5 heteroatoms. The molecule has 3 atom stereocenters. The summed E-state index contributed by atoms with van der Waals surface area (Å²) in [4.78, 5) is 40.4. The van der Waals surface area contributed by atoms with Gasteiger partial charge >= 0.3 is 5.97 Å². The molecular weight excluding hydrogens is 390 g/mol. The van der Waals surface area contributed by atoms with Gasteiger partial charge in [0.05, 0.1) is 13.2 Å². The van der Waals surface area contributed by atoms with Crippen LogP contribution in [-0.2, 0) is 19.1 Å². The third-order valence-electron chi connectivity index (χ3n) is 6.59. The van der Waals surface area contributed by atoms with Gasteiger partial charge < -0.3 is 4.74 Å². The first kappa shape index (κ1) is 25.0. The molecule has 170 valence electrons. The summed E-state index contributed by atoms with van der Waals surface area (Å²) in [6.07, 6.45) is 4.32. The van der Waals surface area contributed by atoms with Gasteiger partial charge in [0.2, 0.25) is 0 Å². The third kappa shape index (κ3) is 5.70. The van der Waals surface area contributed by atoms with E-state index in [0.29, 0.717) is 23.1 Å². The van der Waals surface area contributed by atoms with Gasteiger partial charge in [0, 0.05) is 29.9 Å². The number of carbonyl (C=O) groups excluding carboxylic acids is 3. The average Bonchev–Trinajstić information content (AvgIpc) is 2.83. The van der Waals surface area contributed by atoms with Gasteiger partial charge in [0.15, 0.2) is 11.6 Å². The van der Waals surface area contributed by atoms with Crippen LogP contribution >= 0.6 is 0 Å². The van der Waals surface area contributed by atoms with Crippen molar-refractivity contribution in [2.75, 3.05) is 26.7 Å². The van der Waals surface area contributed by atoms with E-state index in [2.05, 4.69) is 13.2 Å². The Morgan fingerprint density at radius 2 is 1.97 bits per heavy atom. The number of likely N-dealkylation sites (N-methyl/N-ethyl adjacent to an activating group) is 1. The summed E-state index contributed by atoms with van der Waals surface area (Å²) in [6.45, 7) is 17.1. The minimum absolute atomic E-state index is 0.00598. The quantitative estimate of drug-likeness (QED) is 0.402. The second-order valence-corrected chi connectivity index (χ2v) is 8.85. The van der Waals surface area contributed by atoms with Crippen molar-refractivity contribution >= 4 is 17.5 Å². The molecule has 5 nitrogen and oxygen atoms in total. The van der Waals surface area contributed by atoms with Crippen LogP contribution in [0.5, 0.6) is 0 Å².